The second kappa shape index (κ2) is 7.98. The number of aryl methyl sites for hydroxylation is 3. The minimum absolute atomic E-state index is 0.566. The molecule has 1 aromatic rings. The summed E-state index contributed by atoms with van der Waals surface area (Å²) in [6.45, 7) is 10.2. The maximum atomic E-state index is 3.78. The van der Waals surface area contributed by atoms with Gasteiger partial charge in [0.1, 0.15) is 0 Å². The van der Waals surface area contributed by atoms with Crippen molar-refractivity contribution in [2.75, 3.05) is 6.54 Å². The number of hydrogen-bond acceptors (Lipinski definition) is 1. The van der Waals surface area contributed by atoms with Crippen molar-refractivity contribution in [2.45, 2.75) is 78.7 Å². The van der Waals surface area contributed by atoms with Crippen LogP contribution in [0.3, 0.4) is 0 Å². The van der Waals surface area contributed by atoms with Crippen LogP contribution in [0.5, 0.6) is 0 Å². The quantitative estimate of drug-likeness (QED) is 0.691. The molecule has 0 amide bonds. The van der Waals surface area contributed by atoms with Crippen molar-refractivity contribution in [1.29, 1.82) is 0 Å². The number of nitrogens with one attached hydrogen (secondary N) is 1. The Morgan fingerprint density at radius 2 is 1.62 bits per heavy atom. The normalized spacial score (nSPS) is 16.8. The zero-order chi connectivity index (χ0) is 15.2. The van der Waals surface area contributed by atoms with E-state index in [0.29, 0.717) is 6.04 Å². The topological polar surface area (TPSA) is 12.0 Å². The highest BCUT2D eigenvalue weighted by atomic mass is 14.9. The second-order valence-electron chi connectivity index (χ2n) is 6.53. The summed E-state index contributed by atoms with van der Waals surface area (Å²) in [6.07, 6.45) is 9.12. The molecule has 1 aliphatic rings. The van der Waals surface area contributed by atoms with Crippen LogP contribution in [0.4, 0.5) is 0 Å². The van der Waals surface area contributed by atoms with Gasteiger partial charge in [0.2, 0.25) is 0 Å². The lowest BCUT2D eigenvalue weighted by atomic mass is 9.77. The van der Waals surface area contributed by atoms with Gasteiger partial charge in [-0.05, 0) is 60.4 Å². The van der Waals surface area contributed by atoms with E-state index in [4.69, 9.17) is 0 Å². The van der Waals surface area contributed by atoms with Crippen LogP contribution < -0.4 is 5.32 Å². The largest absolute Gasteiger partial charge is 0.310 e. The highest BCUT2D eigenvalue weighted by Gasteiger charge is 2.25. The van der Waals surface area contributed by atoms with E-state index in [-0.39, 0.29) is 0 Å². The van der Waals surface area contributed by atoms with E-state index >= 15 is 0 Å². The molecular weight excluding hydrogens is 254 g/mol. The first-order valence-corrected chi connectivity index (χ1v) is 9.11. The molecule has 0 heterocycles. The van der Waals surface area contributed by atoms with Crippen molar-refractivity contribution in [1.82, 2.24) is 5.32 Å². The maximum Gasteiger partial charge on any atom is 0.0328 e. The predicted molar refractivity (Wildman–Crippen MR) is 93.0 cm³/mol. The van der Waals surface area contributed by atoms with E-state index in [2.05, 4.69) is 45.1 Å². The molecule has 0 saturated heterocycles. The third-order valence-corrected chi connectivity index (χ3v) is 5.17. The Balaban J connectivity index is 2.35. The van der Waals surface area contributed by atoms with E-state index < -0.39 is 0 Å². The molecule has 0 aliphatic heterocycles. The van der Waals surface area contributed by atoms with Gasteiger partial charge in [0.05, 0.1) is 0 Å². The molecule has 0 spiro atoms. The Kier molecular flexibility index (Phi) is 6.29. The fraction of sp³-hybridized carbons (Fsp3) is 0.700. The summed E-state index contributed by atoms with van der Waals surface area (Å²) in [7, 11) is 0. The van der Waals surface area contributed by atoms with Gasteiger partial charge in [-0.1, -0.05) is 59.1 Å². The minimum Gasteiger partial charge on any atom is -0.310 e. The molecule has 0 aromatic heterocycles. The van der Waals surface area contributed by atoms with Gasteiger partial charge in [-0.3, -0.25) is 0 Å². The van der Waals surface area contributed by atoms with Crippen LogP contribution >= 0.6 is 0 Å². The summed E-state index contributed by atoms with van der Waals surface area (Å²) in [5, 5.41) is 3.78. The molecule has 21 heavy (non-hydrogen) atoms. The first kappa shape index (κ1) is 16.5. The van der Waals surface area contributed by atoms with Crippen molar-refractivity contribution in [3.05, 3.63) is 34.4 Å². The highest BCUT2D eigenvalue weighted by molar-refractivity contribution is 5.42. The molecule has 1 saturated carbocycles. The van der Waals surface area contributed by atoms with Crippen molar-refractivity contribution in [3.8, 4) is 0 Å². The molecule has 1 nitrogen and oxygen atoms in total. The Morgan fingerprint density at radius 1 is 1.00 bits per heavy atom. The Bertz CT molecular complexity index is 420. The molecule has 0 radical (unpaired) electrons. The average Bonchev–Trinajstić information content (AvgIpc) is 2.48. The van der Waals surface area contributed by atoms with Crippen LogP contribution in [0.1, 0.15) is 81.7 Å². The van der Waals surface area contributed by atoms with Crippen molar-refractivity contribution < 1.29 is 0 Å². The van der Waals surface area contributed by atoms with Gasteiger partial charge < -0.3 is 5.32 Å². The van der Waals surface area contributed by atoms with Gasteiger partial charge in [-0.15, -0.1) is 0 Å². The monoisotopic (exact) mass is 287 g/mol. The summed E-state index contributed by atoms with van der Waals surface area (Å²) >= 11 is 0. The van der Waals surface area contributed by atoms with Crippen LogP contribution in [0.2, 0.25) is 0 Å². The Morgan fingerprint density at radius 3 is 2.00 bits per heavy atom. The zero-order valence-electron chi connectivity index (χ0n) is 14.5. The van der Waals surface area contributed by atoms with E-state index in [0.717, 1.165) is 31.7 Å². The fourth-order valence-electron chi connectivity index (χ4n) is 3.70. The highest BCUT2D eigenvalue weighted by Crippen LogP contribution is 2.37. The van der Waals surface area contributed by atoms with E-state index in [1.807, 2.05) is 0 Å². The van der Waals surface area contributed by atoms with Gasteiger partial charge in [0, 0.05) is 6.04 Å². The summed E-state index contributed by atoms with van der Waals surface area (Å²) in [5.74, 6) is 0.953. The molecule has 2 rings (SSSR count). The van der Waals surface area contributed by atoms with E-state index in [9.17, 15) is 0 Å². The smallest absolute Gasteiger partial charge is 0.0328 e. The number of benzene rings is 1. The summed E-state index contributed by atoms with van der Waals surface area (Å²) < 4.78 is 0. The first-order valence-electron chi connectivity index (χ1n) is 9.11. The predicted octanol–water partition coefficient (Wildman–Crippen LogP) is 5.21. The van der Waals surface area contributed by atoms with Gasteiger partial charge in [-0.25, -0.2) is 0 Å². The lowest BCUT2D eigenvalue weighted by Gasteiger charge is -2.32. The zero-order valence-corrected chi connectivity index (χ0v) is 14.5. The molecule has 1 N–H and O–H groups in total. The average molecular weight is 287 g/mol. The molecule has 1 heteroatoms. The second-order valence-corrected chi connectivity index (χ2v) is 6.53. The minimum atomic E-state index is 0.566. The van der Waals surface area contributed by atoms with E-state index in [1.54, 1.807) is 16.7 Å². The summed E-state index contributed by atoms with van der Waals surface area (Å²) in [6, 6.07) is 5.48. The fourth-order valence-corrected chi connectivity index (χ4v) is 3.70. The van der Waals surface area contributed by atoms with Crippen molar-refractivity contribution in [2.24, 2.45) is 5.92 Å². The molecule has 0 bridgehead atoms. The molecule has 1 unspecified atom stereocenters. The number of hydrogen-bond donors (Lipinski definition) is 1. The SMILES string of the molecule is CCNC(CC1CCC1)c1c(CC)cc(CC)cc1CC. The van der Waals surface area contributed by atoms with Gasteiger partial charge in [-0.2, -0.15) is 0 Å². The summed E-state index contributed by atoms with van der Waals surface area (Å²) in [4.78, 5) is 0. The third kappa shape index (κ3) is 3.88. The third-order valence-electron chi connectivity index (χ3n) is 5.17. The lowest BCUT2D eigenvalue weighted by molar-refractivity contribution is 0.261. The van der Waals surface area contributed by atoms with Crippen LogP contribution in [0.25, 0.3) is 0 Å². The van der Waals surface area contributed by atoms with Crippen LogP contribution in [-0.4, -0.2) is 6.54 Å². The molecular formula is C20H33N. The van der Waals surface area contributed by atoms with Crippen molar-refractivity contribution >= 4 is 0 Å². The van der Waals surface area contributed by atoms with Gasteiger partial charge in [0.25, 0.3) is 0 Å². The first-order chi connectivity index (χ1) is 10.2. The molecule has 1 fully saturated rings. The number of rotatable bonds is 8. The van der Waals surface area contributed by atoms with Gasteiger partial charge >= 0.3 is 0 Å². The maximum absolute atomic E-state index is 3.78. The Hall–Kier alpha value is -0.820. The standard InChI is InChI=1S/C20H33N/c1-5-15-12-17(6-2)20(18(7-3)13-15)19(21-8-4)14-16-10-9-11-16/h12-13,16,19,21H,5-11,14H2,1-4H3. The van der Waals surface area contributed by atoms with Crippen molar-refractivity contribution in [3.63, 3.8) is 0 Å². The Labute approximate surface area is 131 Å². The lowest BCUT2D eigenvalue weighted by Crippen LogP contribution is -2.27. The molecule has 1 atom stereocenters. The summed E-state index contributed by atoms with van der Waals surface area (Å²) in [5.41, 5.74) is 6.30. The van der Waals surface area contributed by atoms with Crippen LogP contribution in [0.15, 0.2) is 12.1 Å². The van der Waals surface area contributed by atoms with E-state index in [1.165, 1.54) is 31.2 Å². The van der Waals surface area contributed by atoms with Crippen LogP contribution in [-0.2, 0) is 19.3 Å². The molecule has 118 valence electrons. The van der Waals surface area contributed by atoms with Crippen LogP contribution in [0, 0.1) is 5.92 Å². The van der Waals surface area contributed by atoms with Gasteiger partial charge in [0.15, 0.2) is 0 Å². The molecule has 1 aliphatic carbocycles. The molecule has 1 aromatic carbocycles.